The number of carbonyl (C=O) groups excluding carboxylic acids is 2. The minimum absolute atomic E-state index is 0.266. The average molecular weight is 412 g/mol. The molecule has 1 saturated heterocycles. The normalized spacial score (nSPS) is 23.2. The number of hydrogen-bond donors (Lipinski definition) is 2. The van der Waals surface area contributed by atoms with E-state index in [9.17, 15) is 18.4 Å². The fourth-order valence-corrected chi connectivity index (χ4v) is 3.92. The molecule has 0 aromatic rings. The Balaban J connectivity index is 1.58. The van der Waals surface area contributed by atoms with Gasteiger partial charge in [0.15, 0.2) is 0 Å². The zero-order valence-electron chi connectivity index (χ0n) is 17.1. The molecule has 2 aliphatic carbocycles. The molecule has 29 heavy (non-hydrogen) atoms. The van der Waals surface area contributed by atoms with Gasteiger partial charge in [0.2, 0.25) is 5.91 Å². The van der Waals surface area contributed by atoms with Gasteiger partial charge in [-0.15, -0.1) is 5.06 Å². The summed E-state index contributed by atoms with van der Waals surface area (Å²) in [5.41, 5.74) is -0.590. The molecular weight excluding hydrogens is 382 g/mol. The van der Waals surface area contributed by atoms with Crippen LogP contribution in [0.2, 0.25) is 0 Å². The molecule has 1 atom stereocenters. The second-order valence-electron chi connectivity index (χ2n) is 9.35. The second kappa shape index (κ2) is 8.05. The summed E-state index contributed by atoms with van der Waals surface area (Å²) < 4.78 is 28.7. The van der Waals surface area contributed by atoms with E-state index < -0.39 is 42.3 Å². The first-order valence-electron chi connectivity index (χ1n) is 10.4. The number of hydrogen-bond acceptors (Lipinski definition) is 5. The molecule has 2 N–H and O–H groups in total. The van der Waals surface area contributed by atoms with Crippen LogP contribution in [0.5, 0.6) is 0 Å². The van der Waals surface area contributed by atoms with Crippen molar-refractivity contribution in [3.05, 3.63) is 0 Å². The highest BCUT2D eigenvalue weighted by Gasteiger charge is 2.48. The summed E-state index contributed by atoms with van der Waals surface area (Å²) in [5, 5.41) is 15.5. The lowest BCUT2D eigenvalue weighted by atomic mass is 9.95. The highest BCUT2D eigenvalue weighted by atomic mass is 19.3. The molecule has 2 saturated carbocycles. The van der Waals surface area contributed by atoms with Gasteiger partial charge in [-0.1, -0.05) is 13.8 Å². The van der Waals surface area contributed by atoms with Crippen molar-refractivity contribution in [2.75, 3.05) is 13.1 Å². The summed E-state index contributed by atoms with van der Waals surface area (Å²) in [6.07, 6.45) is 3.11. The van der Waals surface area contributed by atoms with Gasteiger partial charge in [-0.25, -0.2) is 13.6 Å². The van der Waals surface area contributed by atoms with E-state index in [0.717, 1.165) is 12.8 Å². The number of nitriles is 1. The zero-order valence-corrected chi connectivity index (χ0v) is 17.1. The maximum absolute atomic E-state index is 14.4. The molecule has 3 rings (SSSR count). The number of nitrogens with zero attached hydrogens (tertiary/aromatic N) is 2. The fourth-order valence-electron chi connectivity index (χ4n) is 3.92. The Kier molecular flexibility index (Phi) is 6.04. The number of hydroxylamine groups is 2. The van der Waals surface area contributed by atoms with Crippen molar-refractivity contribution in [2.45, 2.75) is 82.7 Å². The van der Waals surface area contributed by atoms with Crippen LogP contribution in [-0.4, -0.2) is 47.7 Å². The summed E-state index contributed by atoms with van der Waals surface area (Å²) >= 11 is 0. The lowest BCUT2D eigenvalue weighted by Crippen LogP contribution is -2.53. The van der Waals surface area contributed by atoms with Gasteiger partial charge in [0, 0.05) is 25.9 Å². The lowest BCUT2D eigenvalue weighted by molar-refractivity contribution is -0.132. The summed E-state index contributed by atoms with van der Waals surface area (Å²) in [5.74, 6) is -4.17. The van der Waals surface area contributed by atoms with Crippen molar-refractivity contribution >= 4 is 12.0 Å². The quantitative estimate of drug-likeness (QED) is 0.639. The molecule has 1 aliphatic heterocycles. The topological polar surface area (TPSA) is 94.5 Å². The summed E-state index contributed by atoms with van der Waals surface area (Å²) in [6, 6.07) is 0.523. The number of alkyl halides is 2. The van der Waals surface area contributed by atoms with Gasteiger partial charge < -0.3 is 15.5 Å². The minimum Gasteiger partial charge on any atom is -0.351 e. The summed E-state index contributed by atoms with van der Waals surface area (Å²) in [7, 11) is 0. The Bertz CT molecular complexity index is 674. The SMILES string of the molecule is CC(C)CC(F)(F)C[C@H](NC(=O)ON1CCC2(CC1)CC2)C(=O)NC1(C#N)CC1. The van der Waals surface area contributed by atoms with Crippen molar-refractivity contribution in [1.82, 2.24) is 15.7 Å². The molecule has 9 heteroatoms. The van der Waals surface area contributed by atoms with Crippen molar-refractivity contribution in [3.63, 3.8) is 0 Å². The molecule has 1 spiro atoms. The van der Waals surface area contributed by atoms with Gasteiger partial charge in [-0.3, -0.25) is 4.79 Å². The number of rotatable bonds is 8. The predicted molar refractivity (Wildman–Crippen MR) is 101 cm³/mol. The average Bonchev–Trinajstić information content (AvgIpc) is 3.54. The third kappa shape index (κ3) is 6.01. The molecule has 0 aromatic carbocycles. The summed E-state index contributed by atoms with van der Waals surface area (Å²) in [4.78, 5) is 30.1. The van der Waals surface area contributed by atoms with Crippen molar-refractivity contribution in [3.8, 4) is 6.07 Å². The number of nitrogens with one attached hydrogen (secondary N) is 2. The van der Waals surface area contributed by atoms with Crippen molar-refractivity contribution < 1.29 is 23.2 Å². The molecule has 7 nitrogen and oxygen atoms in total. The van der Waals surface area contributed by atoms with Crippen LogP contribution < -0.4 is 10.6 Å². The van der Waals surface area contributed by atoms with Crippen LogP contribution in [0.4, 0.5) is 13.6 Å². The number of halogens is 2. The van der Waals surface area contributed by atoms with E-state index in [4.69, 9.17) is 10.1 Å². The van der Waals surface area contributed by atoms with Crippen molar-refractivity contribution in [2.24, 2.45) is 11.3 Å². The zero-order chi connectivity index (χ0) is 21.3. The van der Waals surface area contributed by atoms with Gasteiger partial charge in [0.1, 0.15) is 11.6 Å². The van der Waals surface area contributed by atoms with Gasteiger partial charge in [-0.05, 0) is 49.9 Å². The van der Waals surface area contributed by atoms with Gasteiger partial charge in [0.25, 0.3) is 5.92 Å². The molecule has 0 aromatic heterocycles. The fraction of sp³-hybridized carbons (Fsp3) is 0.850. The van der Waals surface area contributed by atoms with Gasteiger partial charge in [-0.2, -0.15) is 5.26 Å². The van der Waals surface area contributed by atoms with E-state index in [-0.39, 0.29) is 5.92 Å². The third-order valence-electron chi connectivity index (χ3n) is 6.10. The Morgan fingerprint density at radius 1 is 1.14 bits per heavy atom. The molecule has 3 aliphatic rings. The molecule has 162 valence electrons. The van der Waals surface area contributed by atoms with Crippen LogP contribution in [0, 0.1) is 22.7 Å². The van der Waals surface area contributed by atoms with E-state index in [0.29, 0.717) is 31.3 Å². The molecule has 3 fully saturated rings. The van der Waals surface area contributed by atoms with E-state index in [1.807, 2.05) is 6.07 Å². The standard InChI is InChI=1S/C20H30F2N4O3/c1-14(2)11-20(21,22)12-15(16(27)25-19(13-23)5-6-19)24-17(28)29-26-9-7-18(3-4-18)8-10-26/h14-15H,3-12H2,1-2H3,(H,24,28)(H,25,27)/t15-/m0/s1. The van der Waals surface area contributed by atoms with Crippen LogP contribution in [0.3, 0.4) is 0 Å². The Hall–Kier alpha value is -1.95. The highest BCUT2D eigenvalue weighted by molar-refractivity contribution is 5.86. The van der Waals surface area contributed by atoms with Crippen LogP contribution >= 0.6 is 0 Å². The minimum atomic E-state index is -3.13. The van der Waals surface area contributed by atoms with Crippen LogP contribution in [0.15, 0.2) is 0 Å². The smallest absolute Gasteiger partial charge is 0.351 e. The Labute approximate surface area is 170 Å². The first kappa shape index (κ1) is 21.8. The monoisotopic (exact) mass is 412 g/mol. The molecule has 2 amide bonds. The second-order valence-corrected chi connectivity index (χ2v) is 9.35. The highest BCUT2D eigenvalue weighted by Crippen LogP contribution is 2.53. The molecule has 1 heterocycles. The third-order valence-corrected chi connectivity index (χ3v) is 6.10. The molecule has 0 bridgehead atoms. The lowest BCUT2D eigenvalue weighted by Gasteiger charge is -2.31. The van der Waals surface area contributed by atoms with E-state index in [2.05, 4.69) is 10.6 Å². The Morgan fingerprint density at radius 2 is 1.76 bits per heavy atom. The molecule has 0 radical (unpaired) electrons. The molecular formula is C20H30F2N4O3. The van der Waals surface area contributed by atoms with E-state index in [1.54, 1.807) is 13.8 Å². The predicted octanol–water partition coefficient (Wildman–Crippen LogP) is 3.12. The van der Waals surface area contributed by atoms with Gasteiger partial charge >= 0.3 is 6.09 Å². The number of carbonyl (C=O) groups is 2. The first-order chi connectivity index (χ1) is 13.6. The Morgan fingerprint density at radius 3 is 2.24 bits per heavy atom. The molecule has 0 unspecified atom stereocenters. The van der Waals surface area contributed by atoms with Crippen LogP contribution in [0.1, 0.15) is 65.2 Å². The maximum Gasteiger partial charge on any atom is 0.426 e. The maximum atomic E-state index is 14.4. The number of piperidine rings is 1. The first-order valence-corrected chi connectivity index (χ1v) is 10.4. The van der Waals surface area contributed by atoms with E-state index >= 15 is 0 Å². The largest absolute Gasteiger partial charge is 0.426 e. The van der Waals surface area contributed by atoms with Crippen LogP contribution in [0.25, 0.3) is 0 Å². The van der Waals surface area contributed by atoms with Crippen molar-refractivity contribution in [1.29, 1.82) is 5.26 Å². The van der Waals surface area contributed by atoms with Gasteiger partial charge in [0.05, 0.1) is 6.07 Å². The van der Waals surface area contributed by atoms with E-state index in [1.165, 1.54) is 17.9 Å². The summed E-state index contributed by atoms with van der Waals surface area (Å²) in [6.45, 7) is 4.54. The number of amides is 2. The van der Waals surface area contributed by atoms with Crippen LogP contribution in [-0.2, 0) is 9.63 Å².